The average Bonchev–Trinajstić information content (AvgIpc) is 3.19. The van der Waals surface area contributed by atoms with Gasteiger partial charge >= 0.3 is 0 Å². The minimum atomic E-state index is -0.104. The summed E-state index contributed by atoms with van der Waals surface area (Å²) in [5.74, 6) is 1.66. The number of likely N-dealkylation sites (tertiary alicyclic amines) is 1. The van der Waals surface area contributed by atoms with Crippen molar-refractivity contribution in [1.82, 2.24) is 9.88 Å². The summed E-state index contributed by atoms with van der Waals surface area (Å²) in [5.41, 5.74) is 2.95. The molecule has 1 aromatic heterocycles. The molecule has 4 rings (SSSR count). The number of hydrogen-bond acceptors (Lipinski definition) is 5. The van der Waals surface area contributed by atoms with Gasteiger partial charge in [0.2, 0.25) is 5.91 Å². The lowest BCUT2D eigenvalue weighted by Gasteiger charge is -2.32. The lowest BCUT2D eigenvalue weighted by atomic mass is 9.98. The molecule has 0 radical (unpaired) electrons. The standard InChI is InChI=1S/C24H26N2O3S/c1-28-20-12-8-13-21(29-2)23(20)19-11-6-7-14-22(27)26(19)15-18-16-30-24(25-18)17-9-4-3-5-10-17/h3-5,8-10,12-13,16,19H,6-7,11,14-15H2,1-2H3. The Labute approximate surface area is 181 Å². The van der Waals surface area contributed by atoms with Gasteiger partial charge in [0.05, 0.1) is 38.1 Å². The summed E-state index contributed by atoms with van der Waals surface area (Å²) in [6, 6.07) is 15.8. The van der Waals surface area contributed by atoms with Gasteiger partial charge in [-0.2, -0.15) is 0 Å². The zero-order valence-corrected chi connectivity index (χ0v) is 18.2. The third kappa shape index (κ3) is 4.19. The molecule has 0 N–H and O–H groups in total. The number of methoxy groups -OCH3 is 2. The molecule has 1 fully saturated rings. The van der Waals surface area contributed by atoms with Crippen LogP contribution < -0.4 is 9.47 Å². The number of rotatable bonds is 6. The van der Waals surface area contributed by atoms with Crippen LogP contribution in [0.4, 0.5) is 0 Å². The number of nitrogens with zero attached hydrogens (tertiary/aromatic N) is 2. The van der Waals surface area contributed by atoms with Crippen molar-refractivity contribution in [3.8, 4) is 22.1 Å². The van der Waals surface area contributed by atoms with Crippen molar-refractivity contribution in [3.63, 3.8) is 0 Å². The van der Waals surface area contributed by atoms with Crippen LogP contribution in [0.3, 0.4) is 0 Å². The second-order valence-electron chi connectivity index (χ2n) is 7.37. The van der Waals surface area contributed by atoms with Crippen molar-refractivity contribution in [2.75, 3.05) is 14.2 Å². The maximum Gasteiger partial charge on any atom is 0.223 e. The van der Waals surface area contributed by atoms with Gasteiger partial charge in [-0.1, -0.05) is 42.8 Å². The van der Waals surface area contributed by atoms with E-state index in [-0.39, 0.29) is 11.9 Å². The summed E-state index contributed by atoms with van der Waals surface area (Å²) in [7, 11) is 3.32. The van der Waals surface area contributed by atoms with Crippen molar-refractivity contribution in [1.29, 1.82) is 0 Å². The monoisotopic (exact) mass is 422 g/mol. The zero-order chi connectivity index (χ0) is 20.9. The van der Waals surface area contributed by atoms with E-state index in [2.05, 4.69) is 17.5 Å². The Bertz CT molecular complexity index is 980. The number of benzene rings is 2. The van der Waals surface area contributed by atoms with E-state index in [0.29, 0.717) is 13.0 Å². The summed E-state index contributed by atoms with van der Waals surface area (Å²) < 4.78 is 11.3. The largest absolute Gasteiger partial charge is 0.496 e. The van der Waals surface area contributed by atoms with Gasteiger partial charge in [0.1, 0.15) is 16.5 Å². The summed E-state index contributed by atoms with van der Waals surface area (Å²) in [5, 5.41) is 3.02. The average molecular weight is 423 g/mol. The Hall–Kier alpha value is -2.86. The first-order chi connectivity index (χ1) is 14.7. The molecular weight excluding hydrogens is 396 g/mol. The van der Waals surface area contributed by atoms with E-state index in [1.165, 1.54) is 0 Å². The third-order valence-corrected chi connectivity index (χ3v) is 6.46. The van der Waals surface area contributed by atoms with E-state index < -0.39 is 0 Å². The van der Waals surface area contributed by atoms with Crippen molar-refractivity contribution >= 4 is 17.2 Å². The molecule has 2 heterocycles. The smallest absolute Gasteiger partial charge is 0.223 e. The highest BCUT2D eigenvalue weighted by atomic mass is 32.1. The molecule has 1 amide bonds. The highest BCUT2D eigenvalue weighted by Crippen LogP contribution is 2.42. The number of hydrogen-bond donors (Lipinski definition) is 0. The third-order valence-electron chi connectivity index (χ3n) is 5.52. The molecule has 0 spiro atoms. The fourth-order valence-electron chi connectivity index (χ4n) is 4.06. The molecule has 0 saturated carbocycles. The van der Waals surface area contributed by atoms with Gasteiger partial charge in [-0.25, -0.2) is 4.98 Å². The maximum absolute atomic E-state index is 13.1. The summed E-state index contributed by atoms with van der Waals surface area (Å²) in [6.07, 6.45) is 3.32. The second-order valence-corrected chi connectivity index (χ2v) is 8.23. The van der Waals surface area contributed by atoms with Gasteiger partial charge < -0.3 is 14.4 Å². The molecule has 1 atom stereocenters. The molecule has 1 saturated heterocycles. The highest BCUT2D eigenvalue weighted by Gasteiger charge is 2.32. The molecule has 30 heavy (non-hydrogen) atoms. The van der Waals surface area contributed by atoms with Gasteiger partial charge in [0, 0.05) is 17.4 Å². The van der Waals surface area contributed by atoms with Gasteiger partial charge in [0.15, 0.2) is 0 Å². The Balaban J connectivity index is 1.68. The predicted octanol–water partition coefficient (Wildman–Crippen LogP) is 5.47. The molecule has 5 nitrogen and oxygen atoms in total. The van der Waals surface area contributed by atoms with E-state index >= 15 is 0 Å². The van der Waals surface area contributed by atoms with Crippen LogP contribution in [0.2, 0.25) is 0 Å². The zero-order valence-electron chi connectivity index (χ0n) is 17.3. The van der Waals surface area contributed by atoms with Crippen LogP contribution in [-0.4, -0.2) is 30.0 Å². The topological polar surface area (TPSA) is 51.7 Å². The molecule has 2 aromatic carbocycles. The summed E-state index contributed by atoms with van der Waals surface area (Å²) in [4.78, 5) is 19.9. The lowest BCUT2D eigenvalue weighted by Crippen LogP contribution is -2.33. The van der Waals surface area contributed by atoms with Crippen LogP contribution in [-0.2, 0) is 11.3 Å². The van der Waals surface area contributed by atoms with Crippen molar-refractivity contribution in [3.05, 3.63) is 65.2 Å². The number of aromatic nitrogens is 1. The fourth-order valence-corrected chi connectivity index (χ4v) is 4.88. The van der Waals surface area contributed by atoms with Gasteiger partial charge in [0.25, 0.3) is 0 Å². The van der Waals surface area contributed by atoms with Crippen LogP contribution in [0.15, 0.2) is 53.9 Å². The number of amides is 1. The summed E-state index contributed by atoms with van der Waals surface area (Å²) >= 11 is 1.61. The van der Waals surface area contributed by atoms with E-state index in [4.69, 9.17) is 14.5 Å². The minimum absolute atomic E-state index is 0.104. The van der Waals surface area contributed by atoms with E-state index in [0.717, 1.165) is 52.6 Å². The van der Waals surface area contributed by atoms with Crippen LogP contribution in [0.25, 0.3) is 10.6 Å². The molecule has 1 unspecified atom stereocenters. The van der Waals surface area contributed by atoms with E-state index in [9.17, 15) is 4.79 Å². The Morgan fingerprint density at radius 3 is 2.47 bits per heavy atom. The quantitative estimate of drug-likeness (QED) is 0.528. The SMILES string of the molecule is COc1cccc(OC)c1C1CCCCC(=O)N1Cc1csc(-c2ccccc2)n1. The highest BCUT2D eigenvalue weighted by molar-refractivity contribution is 7.13. The Kier molecular flexibility index (Phi) is 6.33. The van der Waals surface area contributed by atoms with Gasteiger partial charge in [-0.05, 0) is 25.0 Å². The molecule has 3 aromatic rings. The van der Waals surface area contributed by atoms with Crippen LogP contribution in [0, 0.1) is 0 Å². The molecule has 1 aliphatic heterocycles. The predicted molar refractivity (Wildman–Crippen MR) is 119 cm³/mol. The van der Waals surface area contributed by atoms with Crippen LogP contribution >= 0.6 is 11.3 Å². The molecule has 6 heteroatoms. The second kappa shape index (κ2) is 9.30. The lowest BCUT2D eigenvalue weighted by molar-refractivity contribution is -0.133. The first-order valence-electron chi connectivity index (χ1n) is 10.2. The fraction of sp³-hybridized carbons (Fsp3) is 0.333. The minimum Gasteiger partial charge on any atom is -0.496 e. The normalized spacial score (nSPS) is 16.9. The Morgan fingerprint density at radius 2 is 1.77 bits per heavy atom. The van der Waals surface area contributed by atoms with Crippen molar-refractivity contribution in [2.24, 2.45) is 0 Å². The first kappa shape index (κ1) is 20.4. The van der Waals surface area contributed by atoms with Crippen LogP contribution in [0.5, 0.6) is 11.5 Å². The number of ether oxygens (including phenoxy) is 2. The van der Waals surface area contributed by atoms with Crippen LogP contribution in [0.1, 0.15) is 43.0 Å². The molecular formula is C24H26N2O3S. The summed E-state index contributed by atoms with van der Waals surface area (Å²) in [6.45, 7) is 0.480. The van der Waals surface area contributed by atoms with Crippen molar-refractivity contribution in [2.45, 2.75) is 38.3 Å². The Morgan fingerprint density at radius 1 is 1.03 bits per heavy atom. The number of carbonyl (C=O) groups is 1. The van der Waals surface area contributed by atoms with Gasteiger partial charge in [-0.15, -0.1) is 11.3 Å². The molecule has 156 valence electrons. The van der Waals surface area contributed by atoms with Gasteiger partial charge in [-0.3, -0.25) is 4.79 Å². The molecule has 0 bridgehead atoms. The number of thiazole rings is 1. The van der Waals surface area contributed by atoms with E-state index in [1.54, 1.807) is 25.6 Å². The first-order valence-corrected chi connectivity index (χ1v) is 11.1. The maximum atomic E-state index is 13.1. The van der Waals surface area contributed by atoms with Crippen molar-refractivity contribution < 1.29 is 14.3 Å². The molecule has 1 aliphatic rings. The number of carbonyl (C=O) groups excluding carboxylic acids is 1. The van der Waals surface area contributed by atoms with E-state index in [1.807, 2.05) is 41.3 Å². The molecule has 0 aliphatic carbocycles.